The number of rotatable bonds is 3. The summed E-state index contributed by atoms with van der Waals surface area (Å²) in [7, 11) is 0. The van der Waals surface area contributed by atoms with Crippen LogP contribution in [0.2, 0.25) is 0 Å². The molecule has 0 aromatic heterocycles. The quantitative estimate of drug-likeness (QED) is 0.890. The van der Waals surface area contributed by atoms with E-state index in [1.807, 2.05) is 37.3 Å². The van der Waals surface area contributed by atoms with Gasteiger partial charge in [0, 0.05) is 24.7 Å². The highest BCUT2D eigenvalue weighted by molar-refractivity contribution is 5.99. The van der Waals surface area contributed by atoms with E-state index in [9.17, 15) is 9.59 Å². The second kappa shape index (κ2) is 6.71. The molecule has 2 N–H and O–H groups in total. The van der Waals surface area contributed by atoms with Gasteiger partial charge >= 0.3 is 0 Å². The van der Waals surface area contributed by atoms with Crippen LogP contribution in [-0.2, 0) is 4.79 Å². The minimum absolute atomic E-state index is 0.0204. The first-order valence-electron chi connectivity index (χ1n) is 8.50. The fourth-order valence-corrected chi connectivity index (χ4v) is 3.58. The van der Waals surface area contributed by atoms with Gasteiger partial charge in [-0.05, 0) is 51.3 Å². The van der Waals surface area contributed by atoms with Crippen LogP contribution in [0.15, 0.2) is 30.3 Å². The first kappa shape index (κ1) is 16.0. The molecule has 0 bridgehead atoms. The number of nitrogens with zero attached hydrogens (tertiary/aromatic N) is 1. The Morgan fingerprint density at radius 3 is 2.74 bits per heavy atom. The third-order valence-electron chi connectivity index (χ3n) is 5.03. The van der Waals surface area contributed by atoms with E-state index >= 15 is 0 Å². The minimum atomic E-state index is -0.746. The van der Waals surface area contributed by atoms with E-state index in [1.54, 1.807) is 4.90 Å². The smallest absolute Gasteiger partial charge is 0.254 e. The number of benzene rings is 1. The van der Waals surface area contributed by atoms with Crippen LogP contribution in [0.3, 0.4) is 0 Å². The van der Waals surface area contributed by atoms with Crippen molar-refractivity contribution in [3.05, 3.63) is 35.9 Å². The van der Waals surface area contributed by atoms with Crippen LogP contribution in [0.4, 0.5) is 0 Å². The largest absolute Gasteiger partial charge is 0.350 e. The van der Waals surface area contributed by atoms with Gasteiger partial charge in [0.05, 0.1) is 0 Å². The predicted octanol–water partition coefficient (Wildman–Crippen LogP) is 1.55. The maximum absolute atomic E-state index is 12.8. The van der Waals surface area contributed by atoms with Gasteiger partial charge in [-0.25, -0.2) is 0 Å². The Kier molecular flexibility index (Phi) is 4.66. The summed E-state index contributed by atoms with van der Waals surface area (Å²) < 4.78 is 0. The van der Waals surface area contributed by atoms with E-state index in [2.05, 4.69) is 10.6 Å². The van der Waals surface area contributed by atoms with Gasteiger partial charge in [0.25, 0.3) is 5.91 Å². The highest BCUT2D eigenvalue weighted by Gasteiger charge is 2.46. The molecule has 0 saturated carbocycles. The maximum Gasteiger partial charge on any atom is 0.254 e. The average Bonchev–Trinajstić information content (AvgIpc) is 2.99. The second-order valence-electron chi connectivity index (χ2n) is 6.72. The standard InChI is InChI=1S/C18H25N3O2/c1-18(17(23)20-15-9-5-11-19-13-15)10-6-12-21(18)16(22)14-7-3-2-4-8-14/h2-4,7-8,15,19H,5-6,9-13H2,1H3,(H,20,23). The molecule has 5 nitrogen and oxygen atoms in total. The van der Waals surface area contributed by atoms with E-state index in [4.69, 9.17) is 0 Å². The van der Waals surface area contributed by atoms with Gasteiger partial charge in [0.2, 0.25) is 5.91 Å². The van der Waals surface area contributed by atoms with Gasteiger partial charge in [-0.3, -0.25) is 9.59 Å². The highest BCUT2D eigenvalue weighted by atomic mass is 16.2. The van der Waals surface area contributed by atoms with Crippen molar-refractivity contribution in [2.75, 3.05) is 19.6 Å². The van der Waals surface area contributed by atoms with Crippen molar-refractivity contribution in [3.8, 4) is 0 Å². The molecule has 2 aliphatic heterocycles. The monoisotopic (exact) mass is 315 g/mol. The van der Waals surface area contributed by atoms with E-state index < -0.39 is 5.54 Å². The molecule has 2 unspecified atom stereocenters. The Morgan fingerprint density at radius 2 is 2.04 bits per heavy atom. The van der Waals surface area contributed by atoms with Crippen LogP contribution in [0.1, 0.15) is 43.0 Å². The van der Waals surface area contributed by atoms with Gasteiger partial charge in [0.1, 0.15) is 5.54 Å². The number of hydrogen-bond donors (Lipinski definition) is 2. The minimum Gasteiger partial charge on any atom is -0.350 e. The van der Waals surface area contributed by atoms with Crippen molar-refractivity contribution in [2.24, 2.45) is 0 Å². The normalized spacial score (nSPS) is 27.7. The summed E-state index contributed by atoms with van der Waals surface area (Å²) in [5.41, 5.74) is -0.0996. The van der Waals surface area contributed by atoms with Crippen molar-refractivity contribution in [1.29, 1.82) is 0 Å². The molecule has 1 aromatic rings. The van der Waals surface area contributed by atoms with Crippen LogP contribution >= 0.6 is 0 Å². The lowest BCUT2D eigenvalue weighted by atomic mass is 9.95. The maximum atomic E-state index is 12.8. The lowest BCUT2D eigenvalue weighted by molar-refractivity contribution is -0.130. The van der Waals surface area contributed by atoms with E-state index in [0.29, 0.717) is 12.1 Å². The first-order valence-corrected chi connectivity index (χ1v) is 8.50. The fraction of sp³-hybridized carbons (Fsp3) is 0.556. The van der Waals surface area contributed by atoms with Crippen LogP contribution in [-0.4, -0.2) is 47.9 Å². The van der Waals surface area contributed by atoms with Crippen molar-refractivity contribution in [3.63, 3.8) is 0 Å². The number of likely N-dealkylation sites (tertiary alicyclic amines) is 1. The number of carbonyl (C=O) groups excluding carboxylic acids is 2. The van der Waals surface area contributed by atoms with Crippen molar-refractivity contribution in [2.45, 2.75) is 44.2 Å². The van der Waals surface area contributed by atoms with Crippen LogP contribution < -0.4 is 10.6 Å². The number of carbonyl (C=O) groups is 2. The molecule has 2 heterocycles. The molecule has 2 saturated heterocycles. The zero-order valence-corrected chi connectivity index (χ0v) is 13.7. The molecule has 5 heteroatoms. The SMILES string of the molecule is CC1(C(=O)NC2CCCNC2)CCCN1C(=O)c1ccccc1. The number of amides is 2. The fourth-order valence-electron chi connectivity index (χ4n) is 3.58. The van der Waals surface area contributed by atoms with E-state index in [1.165, 1.54) is 0 Å². The Labute approximate surface area is 137 Å². The van der Waals surface area contributed by atoms with Gasteiger partial charge in [-0.15, -0.1) is 0 Å². The molecule has 0 aliphatic carbocycles. The second-order valence-corrected chi connectivity index (χ2v) is 6.72. The molecular formula is C18H25N3O2. The highest BCUT2D eigenvalue weighted by Crippen LogP contribution is 2.31. The lowest BCUT2D eigenvalue weighted by Gasteiger charge is -2.36. The predicted molar refractivity (Wildman–Crippen MR) is 89.2 cm³/mol. The third-order valence-corrected chi connectivity index (χ3v) is 5.03. The summed E-state index contributed by atoms with van der Waals surface area (Å²) in [4.78, 5) is 27.4. The summed E-state index contributed by atoms with van der Waals surface area (Å²) in [6.45, 7) is 4.36. The molecule has 124 valence electrons. The molecule has 2 aliphatic rings. The van der Waals surface area contributed by atoms with Gasteiger partial charge in [-0.2, -0.15) is 0 Å². The Balaban J connectivity index is 1.73. The van der Waals surface area contributed by atoms with Crippen molar-refractivity contribution < 1.29 is 9.59 Å². The zero-order valence-electron chi connectivity index (χ0n) is 13.7. The summed E-state index contributed by atoms with van der Waals surface area (Å²) >= 11 is 0. The van der Waals surface area contributed by atoms with E-state index in [-0.39, 0.29) is 17.9 Å². The van der Waals surface area contributed by atoms with Crippen LogP contribution in [0.25, 0.3) is 0 Å². The Morgan fingerprint density at radius 1 is 1.26 bits per heavy atom. The number of nitrogens with one attached hydrogen (secondary N) is 2. The molecule has 2 amide bonds. The summed E-state index contributed by atoms with van der Waals surface area (Å²) in [6, 6.07) is 9.39. The van der Waals surface area contributed by atoms with Crippen molar-refractivity contribution in [1.82, 2.24) is 15.5 Å². The molecule has 2 fully saturated rings. The van der Waals surface area contributed by atoms with Gasteiger partial charge < -0.3 is 15.5 Å². The van der Waals surface area contributed by atoms with Crippen LogP contribution in [0.5, 0.6) is 0 Å². The molecule has 0 radical (unpaired) electrons. The Bertz CT molecular complexity index is 569. The lowest BCUT2D eigenvalue weighted by Crippen LogP contribution is -2.59. The molecular weight excluding hydrogens is 290 g/mol. The molecule has 23 heavy (non-hydrogen) atoms. The Hall–Kier alpha value is -1.88. The first-order chi connectivity index (χ1) is 11.1. The number of hydrogen-bond acceptors (Lipinski definition) is 3. The average molecular weight is 315 g/mol. The third kappa shape index (κ3) is 3.24. The summed E-state index contributed by atoms with van der Waals surface area (Å²) in [5, 5.41) is 6.45. The topological polar surface area (TPSA) is 61.4 Å². The summed E-state index contributed by atoms with van der Waals surface area (Å²) in [5.74, 6) is -0.0736. The van der Waals surface area contributed by atoms with Crippen molar-refractivity contribution >= 4 is 11.8 Å². The van der Waals surface area contributed by atoms with Crippen LogP contribution in [0, 0.1) is 0 Å². The zero-order chi connectivity index (χ0) is 16.3. The van der Waals surface area contributed by atoms with Gasteiger partial charge in [-0.1, -0.05) is 18.2 Å². The van der Waals surface area contributed by atoms with Gasteiger partial charge in [0.15, 0.2) is 0 Å². The summed E-state index contributed by atoms with van der Waals surface area (Å²) in [6.07, 6.45) is 3.67. The molecule has 1 aromatic carbocycles. The molecule has 3 rings (SSSR count). The number of piperidine rings is 1. The molecule has 2 atom stereocenters. The molecule has 0 spiro atoms. The van der Waals surface area contributed by atoms with E-state index in [0.717, 1.165) is 38.8 Å².